The van der Waals surface area contributed by atoms with Crippen molar-refractivity contribution in [3.05, 3.63) is 47.8 Å². The number of amides is 1. The molecule has 138 valence electrons. The van der Waals surface area contributed by atoms with Gasteiger partial charge < -0.3 is 15.1 Å². The first-order valence-electron chi connectivity index (χ1n) is 8.83. The highest BCUT2D eigenvalue weighted by Gasteiger charge is 2.17. The summed E-state index contributed by atoms with van der Waals surface area (Å²) in [7, 11) is 2.15. The van der Waals surface area contributed by atoms with Crippen LogP contribution in [0.4, 0.5) is 5.82 Å². The quantitative estimate of drug-likeness (QED) is 0.814. The van der Waals surface area contributed by atoms with Gasteiger partial charge in [0.15, 0.2) is 0 Å². The van der Waals surface area contributed by atoms with E-state index in [4.69, 9.17) is 0 Å². The van der Waals surface area contributed by atoms with E-state index in [2.05, 4.69) is 32.1 Å². The Hall–Kier alpha value is -2.12. The lowest BCUT2D eigenvalue weighted by molar-refractivity contribution is 0.0947. The molecule has 2 aromatic rings. The summed E-state index contributed by atoms with van der Waals surface area (Å²) in [6.07, 6.45) is 6.57. The van der Waals surface area contributed by atoms with Crippen molar-refractivity contribution in [2.24, 2.45) is 0 Å². The summed E-state index contributed by atoms with van der Waals surface area (Å²) in [6.45, 7) is 4.52. The van der Waals surface area contributed by atoms with Gasteiger partial charge >= 0.3 is 0 Å². The number of carbonyl (C=O) groups excluding carboxylic acids is 1. The summed E-state index contributed by atoms with van der Waals surface area (Å²) in [6, 6.07) is 7.56. The van der Waals surface area contributed by atoms with Crippen LogP contribution in [0.2, 0.25) is 0 Å². The number of rotatable bonds is 5. The van der Waals surface area contributed by atoms with Crippen molar-refractivity contribution in [2.45, 2.75) is 18.0 Å². The van der Waals surface area contributed by atoms with Crippen LogP contribution in [0, 0.1) is 0 Å². The molecular formula is C19H25N5OS. The van der Waals surface area contributed by atoms with Gasteiger partial charge in [-0.05, 0) is 44.5 Å². The van der Waals surface area contributed by atoms with E-state index in [0.29, 0.717) is 12.1 Å². The number of hydrogen-bond donors (Lipinski definition) is 1. The topological polar surface area (TPSA) is 61.4 Å². The van der Waals surface area contributed by atoms with E-state index in [1.807, 2.05) is 30.7 Å². The van der Waals surface area contributed by atoms with E-state index >= 15 is 0 Å². The third-order valence-corrected chi connectivity index (χ3v) is 5.25. The minimum absolute atomic E-state index is 0.104. The minimum Gasteiger partial charge on any atom is -0.355 e. The zero-order chi connectivity index (χ0) is 18.4. The molecule has 1 fully saturated rings. The Balaban J connectivity index is 1.71. The van der Waals surface area contributed by atoms with Crippen LogP contribution in [0.5, 0.6) is 0 Å². The Labute approximate surface area is 159 Å². The maximum atomic E-state index is 12.6. The highest BCUT2D eigenvalue weighted by Crippen LogP contribution is 2.20. The van der Waals surface area contributed by atoms with E-state index in [-0.39, 0.29) is 5.91 Å². The molecular weight excluding hydrogens is 346 g/mol. The predicted molar refractivity (Wildman–Crippen MR) is 106 cm³/mol. The number of nitrogens with one attached hydrogen (secondary N) is 1. The fourth-order valence-electron chi connectivity index (χ4n) is 3.11. The molecule has 6 nitrogen and oxygen atoms in total. The van der Waals surface area contributed by atoms with Gasteiger partial charge in [0.25, 0.3) is 5.91 Å². The van der Waals surface area contributed by atoms with Crippen molar-refractivity contribution in [2.75, 3.05) is 44.4 Å². The van der Waals surface area contributed by atoms with Gasteiger partial charge in [-0.2, -0.15) is 0 Å². The molecule has 0 aromatic carbocycles. The molecule has 1 aliphatic heterocycles. The molecule has 1 N–H and O–H groups in total. The Morgan fingerprint density at radius 2 is 1.96 bits per heavy atom. The van der Waals surface area contributed by atoms with Crippen LogP contribution < -0.4 is 10.2 Å². The number of nitrogens with zero attached hydrogens (tertiary/aromatic N) is 4. The lowest BCUT2D eigenvalue weighted by Crippen LogP contribution is -2.31. The molecule has 0 saturated carbocycles. The Morgan fingerprint density at radius 1 is 1.15 bits per heavy atom. The fourth-order valence-corrected chi connectivity index (χ4v) is 3.66. The van der Waals surface area contributed by atoms with Gasteiger partial charge in [-0.1, -0.05) is 6.07 Å². The van der Waals surface area contributed by atoms with Crippen molar-refractivity contribution in [1.29, 1.82) is 0 Å². The molecule has 0 atom stereocenters. The molecule has 0 aliphatic carbocycles. The second-order valence-corrected chi connectivity index (χ2v) is 7.17. The maximum Gasteiger partial charge on any atom is 0.254 e. The van der Waals surface area contributed by atoms with Crippen LogP contribution in [0.3, 0.4) is 0 Å². The summed E-state index contributed by atoms with van der Waals surface area (Å²) >= 11 is 1.48. The molecule has 0 radical (unpaired) electrons. The first kappa shape index (κ1) is 18.7. The van der Waals surface area contributed by atoms with E-state index in [1.165, 1.54) is 11.8 Å². The van der Waals surface area contributed by atoms with Gasteiger partial charge in [0.1, 0.15) is 10.8 Å². The number of anilines is 1. The van der Waals surface area contributed by atoms with E-state index in [9.17, 15) is 4.79 Å². The van der Waals surface area contributed by atoms with Crippen LogP contribution in [0.1, 0.15) is 22.3 Å². The number of pyridine rings is 2. The molecule has 1 saturated heterocycles. The fraction of sp³-hybridized carbons (Fsp3) is 0.421. The van der Waals surface area contributed by atoms with E-state index in [1.54, 1.807) is 12.3 Å². The third kappa shape index (κ3) is 4.53. The average Bonchev–Trinajstić information content (AvgIpc) is 2.90. The maximum absolute atomic E-state index is 12.6. The normalized spacial score (nSPS) is 15.5. The molecule has 1 amide bonds. The highest BCUT2D eigenvalue weighted by molar-refractivity contribution is 7.98. The monoisotopic (exact) mass is 371 g/mol. The summed E-state index contributed by atoms with van der Waals surface area (Å²) in [5, 5.41) is 3.77. The second kappa shape index (κ2) is 9.00. The smallest absolute Gasteiger partial charge is 0.254 e. The molecule has 2 aromatic heterocycles. The Kier molecular flexibility index (Phi) is 6.46. The molecule has 3 rings (SSSR count). The largest absolute Gasteiger partial charge is 0.355 e. The van der Waals surface area contributed by atoms with Crippen LogP contribution in [0.15, 0.2) is 41.7 Å². The number of likely N-dealkylation sites (N-methyl/N-ethyl adjacent to an activating group) is 1. The van der Waals surface area contributed by atoms with Crippen molar-refractivity contribution in [3.63, 3.8) is 0 Å². The van der Waals surface area contributed by atoms with Crippen molar-refractivity contribution in [3.8, 4) is 0 Å². The number of carbonyl (C=O) groups is 1. The van der Waals surface area contributed by atoms with Gasteiger partial charge in [0, 0.05) is 44.1 Å². The molecule has 26 heavy (non-hydrogen) atoms. The Morgan fingerprint density at radius 3 is 2.81 bits per heavy atom. The van der Waals surface area contributed by atoms with Crippen molar-refractivity contribution >= 4 is 23.5 Å². The second-order valence-electron chi connectivity index (χ2n) is 6.37. The molecule has 7 heteroatoms. The van der Waals surface area contributed by atoms with Gasteiger partial charge in [-0.3, -0.25) is 4.79 Å². The molecule has 0 unspecified atom stereocenters. The van der Waals surface area contributed by atoms with Gasteiger partial charge in [-0.15, -0.1) is 11.8 Å². The molecule has 0 spiro atoms. The minimum atomic E-state index is -0.104. The first-order valence-corrected chi connectivity index (χ1v) is 10.1. The number of aromatic nitrogens is 2. The van der Waals surface area contributed by atoms with Crippen molar-refractivity contribution < 1.29 is 4.79 Å². The van der Waals surface area contributed by atoms with Gasteiger partial charge in [0.2, 0.25) is 0 Å². The lowest BCUT2D eigenvalue weighted by Gasteiger charge is -2.24. The Bertz CT molecular complexity index is 754. The van der Waals surface area contributed by atoms with E-state index < -0.39 is 0 Å². The summed E-state index contributed by atoms with van der Waals surface area (Å²) < 4.78 is 0. The average molecular weight is 372 g/mol. The zero-order valence-electron chi connectivity index (χ0n) is 15.3. The third-order valence-electron chi connectivity index (χ3n) is 4.54. The molecule has 3 heterocycles. The first-order chi connectivity index (χ1) is 12.7. The van der Waals surface area contributed by atoms with Crippen LogP contribution in [-0.2, 0) is 6.54 Å². The zero-order valence-corrected chi connectivity index (χ0v) is 16.1. The summed E-state index contributed by atoms with van der Waals surface area (Å²) in [5.41, 5.74) is 1.65. The molecule has 1 aliphatic rings. The van der Waals surface area contributed by atoms with E-state index in [0.717, 1.165) is 49.0 Å². The SMILES string of the molecule is CSc1ncccc1C(=O)NCc1cccnc1N1CCCN(C)CC1. The summed E-state index contributed by atoms with van der Waals surface area (Å²) in [4.78, 5) is 26.1. The van der Waals surface area contributed by atoms with Gasteiger partial charge in [-0.25, -0.2) is 9.97 Å². The lowest BCUT2D eigenvalue weighted by atomic mass is 10.2. The van der Waals surface area contributed by atoms with Crippen LogP contribution in [-0.4, -0.2) is 60.3 Å². The highest BCUT2D eigenvalue weighted by atomic mass is 32.2. The van der Waals surface area contributed by atoms with Crippen LogP contribution in [0.25, 0.3) is 0 Å². The summed E-state index contributed by atoms with van der Waals surface area (Å²) in [5.74, 6) is 0.868. The number of hydrogen-bond acceptors (Lipinski definition) is 6. The van der Waals surface area contributed by atoms with Gasteiger partial charge in [0.05, 0.1) is 5.56 Å². The van der Waals surface area contributed by atoms with Crippen molar-refractivity contribution in [1.82, 2.24) is 20.2 Å². The standard InChI is InChI=1S/C19H25N5OS/c1-23-10-5-11-24(13-12-23)17-15(6-3-8-20-17)14-22-18(25)16-7-4-9-21-19(16)26-2/h3-4,6-9H,5,10-14H2,1-2H3,(H,22,25). The predicted octanol–water partition coefficient (Wildman–Crippen LogP) is 2.27. The molecule has 0 bridgehead atoms. The number of thioether (sulfide) groups is 1. The van der Waals surface area contributed by atoms with Crippen LogP contribution >= 0.6 is 11.8 Å².